The van der Waals surface area contributed by atoms with E-state index >= 15 is 0 Å². The van der Waals surface area contributed by atoms with Crippen molar-refractivity contribution in [3.8, 4) is 0 Å². The molecule has 0 radical (unpaired) electrons. The Morgan fingerprint density at radius 2 is 2.09 bits per heavy atom. The van der Waals surface area contributed by atoms with Crippen molar-refractivity contribution in [3.63, 3.8) is 0 Å². The molecule has 0 amide bonds. The fourth-order valence-corrected chi connectivity index (χ4v) is 3.18. The topological polar surface area (TPSA) is 66.9 Å². The molecule has 3 rings (SSSR count). The Hall–Kier alpha value is -1.69. The van der Waals surface area contributed by atoms with Crippen LogP contribution in [0.3, 0.4) is 0 Å². The van der Waals surface area contributed by atoms with Crippen molar-refractivity contribution in [2.45, 2.75) is 24.8 Å². The molecule has 1 atom stereocenters. The molecule has 0 aromatic carbocycles. The number of amidine groups is 1. The highest BCUT2D eigenvalue weighted by Gasteiger charge is 2.45. The summed E-state index contributed by atoms with van der Waals surface area (Å²) in [6, 6.07) is 3.97. The molecule has 22 heavy (non-hydrogen) atoms. The van der Waals surface area contributed by atoms with E-state index in [0.717, 1.165) is 42.7 Å². The van der Waals surface area contributed by atoms with E-state index in [4.69, 9.17) is 15.7 Å². The Balaban J connectivity index is 2.14. The molecule has 2 aliphatic heterocycles. The molecule has 0 fully saturated rings. The first-order valence-corrected chi connectivity index (χ1v) is 8.72. The first kappa shape index (κ1) is 15.2. The Bertz CT molecular complexity index is 610. The van der Waals surface area contributed by atoms with Gasteiger partial charge in [0.2, 0.25) is 0 Å². The van der Waals surface area contributed by atoms with Gasteiger partial charge in [0.25, 0.3) is 0 Å². The summed E-state index contributed by atoms with van der Waals surface area (Å²) in [7, 11) is 0. The zero-order valence-corrected chi connectivity index (χ0v) is 14.0. The van der Waals surface area contributed by atoms with E-state index in [1.165, 1.54) is 6.42 Å². The molecule has 1 aromatic heterocycles. The number of alkyl halides is 1. The third kappa shape index (κ3) is 2.67. The lowest BCUT2D eigenvalue weighted by Crippen LogP contribution is -2.43. The van der Waals surface area contributed by atoms with Crippen LogP contribution >= 0.6 is 15.9 Å². The van der Waals surface area contributed by atoms with E-state index in [0.29, 0.717) is 5.96 Å². The molecule has 116 valence electrons. The lowest BCUT2D eigenvalue weighted by atomic mass is 9.89. The van der Waals surface area contributed by atoms with Gasteiger partial charge in [0.15, 0.2) is 11.5 Å². The zero-order chi connectivity index (χ0) is 15.4. The summed E-state index contributed by atoms with van der Waals surface area (Å²) >= 11 is 3.45. The molecular formula is C16H20BrN5. The van der Waals surface area contributed by atoms with Gasteiger partial charge in [-0.2, -0.15) is 0 Å². The molecule has 1 unspecified atom stereocenters. The van der Waals surface area contributed by atoms with Gasteiger partial charge in [-0.05, 0) is 43.0 Å². The summed E-state index contributed by atoms with van der Waals surface area (Å²) in [4.78, 5) is 15.8. The van der Waals surface area contributed by atoms with E-state index in [9.17, 15) is 0 Å². The number of rotatable bonds is 3. The second-order valence-corrected chi connectivity index (χ2v) is 6.09. The quantitative estimate of drug-likeness (QED) is 0.664. The van der Waals surface area contributed by atoms with Crippen LogP contribution in [0.1, 0.15) is 24.8 Å². The molecule has 0 saturated carbocycles. The lowest BCUT2D eigenvalue weighted by molar-refractivity contribution is 0.518. The smallest absolute Gasteiger partial charge is 0.198 e. The van der Waals surface area contributed by atoms with Gasteiger partial charge >= 0.3 is 0 Å². The second kappa shape index (κ2) is 6.60. The van der Waals surface area contributed by atoms with Crippen LogP contribution < -0.4 is 5.73 Å². The van der Waals surface area contributed by atoms with Crippen molar-refractivity contribution in [1.29, 1.82) is 0 Å². The van der Waals surface area contributed by atoms with Gasteiger partial charge in [0.1, 0.15) is 5.84 Å². The van der Waals surface area contributed by atoms with Crippen molar-refractivity contribution in [2.24, 2.45) is 15.7 Å². The number of hydrogen-bond donors (Lipinski definition) is 1. The largest absolute Gasteiger partial charge is 0.369 e. The molecule has 1 aromatic rings. The summed E-state index contributed by atoms with van der Waals surface area (Å²) in [6.45, 7) is 1.70. The fourth-order valence-electron chi connectivity index (χ4n) is 3.00. The van der Waals surface area contributed by atoms with Crippen LogP contribution in [0.25, 0.3) is 0 Å². The molecule has 6 heteroatoms. The molecule has 0 spiro atoms. The van der Waals surface area contributed by atoms with Gasteiger partial charge in [-0.25, -0.2) is 4.99 Å². The highest BCUT2D eigenvalue weighted by atomic mass is 79.9. The maximum absolute atomic E-state index is 6.23. The van der Waals surface area contributed by atoms with Crippen molar-refractivity contribution in [3.05, 3.63) is 42.2 Å². The molecule has 0 aliphatic carbocycles. The molecule has 3 heterocycles. The maximum Gasteiger partial charge on any atom is 0.198 e. The number of allylic oxidation sites excluding steroid dienone is 1. The predicted molar refractivity (Wildman–Crippen MR) is 93.3 cm³/mol. The minimum absolute atomic E-state index is 0.552. The molecule has 5 nitrogen and oxygen atoms in total. The highest BCUT2D eigenvalue weighted by molar-refractivity contribution is 9.09. The van der Waals surface area contributed by atoms with Crippen LogP contribution in [0.5, 0.6) is 0 Å². The van der Waals surface area contributed by atoms with Crippen LogP contribution in [-0.4, -0.2) is 40.1 Å². The van der Waals surface area contributed by atoms with E-state index in [1.807, 2.05) is 12.1 Å². The summed E-state index contributed by atoms with van der Waals surface area (Å²) in [5.74, 6) is 1.49. The van der Waals surface area contributed by atoms with Gasteiger partial charge in [-0.1, -0.05) is 22.0 Å². The van der Waals surface area contributed by atoms with Crippen molar-refractivity contribution in [1.82, 2.24) is 9.88 Å². The Morgan fingerprint density at radius 1 is 1.27 bits per heavy atom. The molecule has 0 saturated heterocycles. The van der Waals surface area contributed by atoms with Crippen molar-refractivity contribution < 1.29 is 0 Å². The van der Waals surface area contributed by atoms with Gasteiger partial charge in [0.05, 0.1) is 0 Å². The van der Waals surface area contributed by atoms with Crippen LogP contribution in [0.4, 0.5) is 0 Å². The van der Waals surface area contributed by atoms with Gasteiger partial charge in [-0.3, -0.25) is 14.9 Å². The molecule has 2 aliphatic rings. The number of pyridine rings is 1. The number of nitrogens with two attached hydrogens (primary N) is 1. The summed E-state index contributed by atoms with van der Waals surface area (Å²) in [5, 5.41) is 0.766. The fraction of sp³-hybridized carbons (Fsp3) is 0.438. The summed E-state index contributed by atoms with van der Waals surface area (Å²) < 4.78 is 0. The van der Waals surface area contributed by atoms with Crippen molar-refractivity contribution >= 4 is 27.7 Å². The van der Waals surface area contributed by atoms with Gasteiger partial charge < -0.3 is 5.73 Å². The van der Waals surface area contributed by atoms with Crippen LogP contribution in [0.15, 0.2) is 46.7 Å². The Morgan fingerprint density at radius 3 is 2.86 bits per heavy atom. The predicted octanol–water partition coefficient (Wildman–Crippen LogP) is 2.44. The van der Waals surface area contributed by atoms with E-state index in [2.05, 4.69) is 38.0 Å². The third-order valence-corrected chi connectivity index (χ3v) is 4.41. The van der Waals surface area contributed by atoms with Crippen LogP contribution in [0, 0.1) is 0 Å². The summed E-state index contributed by atoms with van der Waals surface area (Å²) in [6.07, 6.45) is 11.1. The van der Waals surface area contributed by atoms with E-state index < -0.39 is 5.54 Å². The third-order valence-electron chi connectivity index (χ3n) is 4.03. The normalized spacial score (nSPS) is 25.4. The Labute approximate surface area is 139 Å². The van der Waals surface area contributed by atoms with E-state index in [-0.39, 0.29) is 0 Å². The number of halogens is 1. The van der Waals surface area contributed by atoms with Gasteiger partial charge in [0, 0.05) is 30.8 Å². The number of hydrogen-bond acceptors (Lipinski definition) is 5. The van der Waals surface area contributed by atoms with E-state index in [1.54, 1.807) is 12.4 Å². The molecule has 0 bridgehead atoms. The minimum atomic E-state index is -0.627. The van der Waals surface area contributed by atoms with Crippen LogP contribution in [0.2, 0.25) is 0 Å². The monoisotopic (exact) mass is 361 g/mol. The number of aliphatic imine (C=N–C) groups is 2. The number of guanidine groups is 1. The second-order valence-electron chi connectivity index (χ2n) is 5.45. The maximum atomic E-state index is 6.23. The number of nitrogens with zero attached hydrogens (tertiary/aromatic N) is 4. The Kier molecular flexibility index (Phi) is 4.57. The number of aromatic nitrogens is 1. The first-order valence-electron chi connectivity index (χ1n) is 7.60. The van der Waals surface area contributed by atoms with Crippen LogP contribution in [-0.2, 0) is 5.54 Å². The lowest BCUT2D eigenvalue weighted by Gasteiger charge is -2.29. The molecular weight excluding hydrogens is 342 g/mol. The average Bonchev–Trinajstić information content (AvgIpc) is 2.77. The summed E-state index contributed by atoms with van der Waals surface area (Å²) in [5.41, 5.74) is 6.65. The standard InChI is InChI=1S/C16H20BrN5/c17-8-4-7-16(13-5-10-19-11-6-13)14-20-9-2-1-3-12-22(14)15(18)21-16/h4-7,10-11H,1-3,8-9,12H2,(H2,18,21)/b7-4+,20-14?. The molecule has 2 N–H and O–H groups in total. The first-order chi connectivity index (χ1) is 10.8. The highest BCUT2D eigenvalue weighted by Crippen LogP contribution is 2.36. The number of fused-ring (bicyclic) bond motifs is 1. The SMILES string of the molecule is NC1=NC(/C=C/CBr)(c2ccncc2)C2=NCCCCCN12. The van der Waals surface area contributed by atoms with Crippen molar-refractivity contribution in [2.75, 3.05) is 18.4 Å². The average molecular weight is 362 g/mol. The van der Waals surface area contributed by atoms with Gasteiger partial charge in [-0.15, -0.1) is 0 Å². The zero-order valence-electron chi connectivity index (χ0n) is 12.5. The minimum Gasteiger partial charge on any atom is -0.369 e.